The van der Waals surface area contributed by atoms with Crippen LogP contribution in [-0.4, -0.2) is 48.1 Å². The second-order valence-corrected chi connectivity index (χ2v) is 7.11. The first-order valence-electron chi connectivity index (χ1n) is 9.43. The standard InChI is InChI=1S/C22H27N3O3/c1-25(2)12-6-11-23-21(22(26)27)19-14-24-20-13-17(9-10-18(19)20)28-15-16-7-4-3-5-8-16/h3-5,7-10,13-14,21,23-24H,6,11-12,15H2,1-2H3,(H,26,27). The fraction of sp³-hybridized carbons (Fsp3) is 0.318. The smallest absolute Gasteiger partial charge is 0.325 e. The Balaban J connectivity index is 1.70. The van der Waals surface area contributed by atoms with Crippen LogP contribution in [0, 0.1) is 0 Å². The largest absolute Gasteiger partial charge is 0.489 e. The van der Waals surface area contributed by atoms with Crippen LogP contribution in [0.4, 0.5) is 0 Å². The Hall–Kier alpha value is -2.83. The van der Waals surface area contributed by atoms with Crippen LogP contribution in [0.25, 0.3) is 10.9 Å². The number of benzene rings is 2. The lowest BCUT2D eigenvalue weighted by Crippen LogP contribution is -2.30. The number of ether oxygens (including phenoxy) is 1. The molecule has 0 aliphatic carbocycles. The minimum absolute atomic E-state index is 0.491. The molecule has 1 atom stereocenters. The van der Waals surface area contributed by atoms with E-state index in [1.54, 1.807) is 6.20 Å². The minimum Gasteiger partial charge on any atom is -0.489 e. The summed E-state index contributed by atoms with van der Waals surface area (Å²) in [6.45, 7) is 2.04. The highest BCUT2D eigenvalue weighted by Gasteiger charge is 2.22. The lowest BCUT2D eigenvalue weighted by Gasteiger charge is -2.15. The molecule has 0 saturated carbocycles. The van der Waals surface area contributed by atoms with Gasteiger partial charge < -0.3 is 25.0 Å². The molecule has 3 N–H and O–H groups in total. The Morgan fingerprint density at radius 3 is 2.71 bits per heavy atom. The molecule has 28 heavy (non-hydrogen) atoms. The number of aromatic nitrogens is 1. The zero-order chi connectivity index (χ0) is 19.9. The third-order valence-electron chi connectivity index (χ3n) is 4.62. The Kier molecular flexibility index (Phi) is 6.68. The van der Waals surface area contributed by atoms with Gasteiger partial charge in [0.05, 0.1) is 0 Å². The number of H-pyrrole nitrogens is 1. The molecule has 0 radical (unpaired) electrons. The fourth-order valence-corrected chi connectivity index (χ4v) is 3.17. The number of carbonyl (C=O) groups is 1. The summed E-state index contributed by atoms with van der Waals surface area (Å²) in [6.07, 6.45) is 2.65. The number of rotatable bonds is 10. The molecule has 0 aliphatic rings. The molecule has 148 valence electrons. The van der Waals surface area contributed by atoms with Crippen molar-refractivity contribution < 1.29 is 14.6 Å². The highest BCUT2D eigenvalue weighted by molar-refractivity contribution is 5.89. The molecule has 6 nitrogen and oxygen atoms in total. The Bertz CT molecular complexity index is 906. The van der Waals surface area contributed by atoms with Crippen LogP contribution >= 0.6 is 0 Å². The van der Waals surface area contributed by atoms with E-state index in [4.69, 9.17) is 4.74 Å². The lowest BCUT2D eigenvalue weighted by atomic mass is 10.1. The zero-order valence-electron chi connectivity index (χ0n) is 16.3. The van der Waals surface area contributed by atoms with E-state index in [2.05, 4.69) is 15.2 Å². The van der Waals surface area contributed by atoms with E-state index in [1.807, 2.05) is 62.6 Å². The normalized spacial score (nSPS) is 12.4. The lowest BCUT2D eigenvalue weighted by molar-refractivity contribution is -0.139. The molecule has 0 fully saturated rings. The first kappa shape index (κ1) is 19.9. The van der Waals surface area contributed by atoms with E-state index in [9.17, 15) is 9.90 Å². The van der Waals surface area contributed by atoms with Crippen LogP contribution in [0.5, 0.6) is 5.75 Å². The molecule has 1 unspecified atom stereocenters. The number of nitrogens with zero attached hydrogens (tertiary/aromatic N) is 1. The summed E-state index contributed by atoms with van der Waals surface area (Å²) < 4.78 is 5.86. The van der Waals surface area contributed by atoms with E-state index in [-0.39, 0.29) is 0 Å². The van der Waals surface area contributed by atoms with Gasteiger partial charge in [0.15, 0.2) is 0 Å². The summed E-state index contributed by atoms with van der Waals surface area (Å²) in [6, 6.07) is 14.9. The van der Waals surface area contributed by atoms with Crippen LogP contribution < -0.4 is 10.1 Å². The second-order valence-electron chi connectivity index (χ2n) is 7.11. The molecule has 0 bridgehead atoms. The van der Waals surface area contributed by atoms with Gasteiger partial charge in [-0.1, -0.05) is 30.3 Å². The number of carboxylic acids is 1. The summed E-state index contributed by atoms with van der Waals surface area (Å²) in [4.78, 5) is 17.0. The molecular formula is C22H27N3O3. The molecule has 0 spiro atoms. The predicted octanol–water partition coefficient (Wildman–Crippen LogP) is 3.41. The van der Waals surface area contributed by atoms with Crippen molar-refractivity contribution in [2.45, 2.75) is 19.1 Å². The third-order valence-corrected chi connectivity index (χ3v) is 4.62. The van der Waals surface area contributed by atoms with Crippen molar-refractivity contribution in [1.82, 2.24) is 15.2 Å². The summed E-state index contributed by atoms with van der Waals surface area (Å²) in [5.41, 5.74) is 2.70. The van der Waals surface area contributed by atoms with Gasteiger partial charge in [0.25, 0.3) is 0 Å². The van der Waals surface area contributed by atoms with Crippen LogP contribution in [0.3, 0.4) is 0 Å². The number of carboxylic acid groups (broad SMARTS) is 1. The quantitative estimate of drug-likeness (QED) is 0.469. The summed E-state index contributed by atoms with van der Waals surface area (Å²) in [5, 5.41) is 13.7. The molecule has 0 aliphatic heterocycles. The molecule has 3 aromatic rings. The van der Waals surface area contributed by atoms with Gasteiger partial charge in [-0.2, -0.15) is 0 Å². The van der Waals surface area contributed by atoms with Crippen molar-refractivity contribution in [3.05, 3.63) is 65.9 Å². The number of hydrogen-bond donors (Lipinski definition) is 3. The van der Waals surface area contributed by atoms with Crippen molar-refractivity contribution in [3.63, 3.8) is 0 Å². The van der Waals surface area contributed by atoms with E-state index >= 15 is 0 Å². The minimum atomic E-state index is -0.879. The monoisotopic (exact) mass is 381 g/mol. The summed E-state index contributed by atoms with van der Waals surface area (Å²) >= 11 is 0. The van der Waals surface area contributed by atoms with Crippen LogP contribution in [0.2, 0.25) is 0 Å². The predicted molar refractivity (Wildman–Crippen MR) is 111 cm³/mol. The van der Waals surface area contributed by atoms with Crippen LogP contribution in [0.1, 0.15) is 23.6 Å². The van der Waals surface area contributed by atoms with Gasteiger partial charge in [0.1, 0.15) is 18.4 Å². The van der Waals surface area contributed by atoms with Crippen LogP contribution in [0.15, 0.2) is 54.7 Å². The SMILES string of the molecule is CN(C)CCCNC(C(=O)O)c1c[nH]c2cc(OCc3ccccc3)ccc12. The van der Waals surface area contributed by atoms with Crippen molar-refractivity contribution in [3.8, 4) is 5.75 Å². The summed E-state index contributed by atoms with van der Waals surface area (Å²) in [5.74, 6) is -0.134. The van der Waals surface area contributed by atoms with E-state index in [1.165, 1.54) is 0 Å². The van der Waals surface area contributed by atoms with E-state index in [0.717, 1.165) is 40.7 Å². The topological polar surface area (TPSA) is 77.6 Å². The van der Waals surface area contributed by atoms with Crippen molar-refractivity contribution in [1.29, 1.82) is 0 Å². The van der Waals surface area contributed by atoms with Gasteiger partial charge in [0.2, 0.25) is 0 Å². The number of nitrogens with one attached hydrogen (secondary N) is 2. The summed E-state index contributed by atoms with van der Waals surface area (Å²) in [7, 11) is 4.01. The molecule has 1 aromatic heterocycles. The van der Waals surface area contributed by atoms with Gasteiger partial charge in [0, 0.05) is 28.7 Å². The molecular weight excluding hydrogens is 354 g/mol. The highest BCUT2D eigenvalue weighted by Crippen LogP contribution is 2.28. The average Bonchev–Trinajstić information content (AvgIpc) is 3.09. The van der Waals surface area contributed by atoms with Gasteiger partial charge >= 0.3 is 5.97 Å². The number of fused-ring (bicyclic) bond motifs is 1. The molecule has 3 rings (SSSR count). The molecule has 6 heteroatoms. The molecule has 0 amide bonds. The Morgan fingerprint density at radius 2 is 2.00 bits per heavy atom. The number of hydrogen-bond acceptors (Lipinski definition) is 4. The highest BCUT2D eigenvalue weighted by atomic mass is 16.5. The first-order valence-corrected chi connectivity index (χ1v) is 9.43. The Morgan fingerprint density at radius 1 is 1.21 bits per heavy atom. The molecule has 2 aromatic carbocycles. The fourth-order valence-electron chi connectivity index (χ4n) is 3.17. The first-order chi connectivity index (χ1) is 13.5. The van der Waals surface area contributed by atoms with Gasteiger partial charge in [-0.25, -0.2) is 0 Å². The number of aromatic amines is 1. The van der Waals surface area contributed by atoms with E-state index in [0.29, 0.717) is 13.2 Å². The maximum Gasteiger partial charge on any atom is 0.325 e. The van der Waals surface area contributed by atoms with Crippen molar-refractivity contribution in [2.24, 2.45) is 0 Å². The zero-order valence-corrected chi connectivity index (χ0v) is 16.3. The Labute approximate surface area is 165 Å². The van der Waals surface area contributed by atoms with Crippen molar-refractivity contribution >= 4 is 16.9 Å². The van der Waals surface area contributed by atoms with Gasteiger partial charge in [-0.05, 0) is 51.3 Å². The maximum atomic E-state index is 11.8. The van der Waals surface area contributed by atoms with Crippen LogP contribution in [-0.2, 0) is 11.4 Å². The maximum absolute atomic E-state index is 11.8. The molecule has 1 heterocycles. The van der Waals surface area contributed by atoms with Gasteiger partial charge in [-0.15, -0.1) is 0 Å². The van der Waals surface area contributed by atoms with E-state index < -0.39 is 12.0 Å². The van der Waals surface area contributed by atoms with Gasteiger partial charge in [-0.3, -0.25) is 4.79 Å². The second kappa shape index (κ2) is 9.39. The number of aliphatic carboxylic acids is 1. The average molecular weight is 381 g/mol. The van der Waals surface area contributed by atoms with Crippen molar-refractivity contribution in [2.75, 3.05) is 27.2 Å². The third kappa shape index (κ3) is 5.12. The molecule has 0 saturated heterocycles.